The summed E-state index contributed by atoms with van der Waals surface area (Å²) < 4.78 is 5.70. The third kappa shape index (κ3) is 2.89. The number of carbonyl (C=O) groups is 2. The van der Waals surface area contributed by atoms with Crippen molar-refractivity contribution >= 4 is 33.8 Å². The number of imide groups is 1. The number of anilines is 2. The maximum atomic E-state index is 13.8. The fourth-order valence-electron chi connectivity index (χ4n) is 5.21. The molecule has 3 atom stereocenters. The Kier molecular flexibility index (Phi) is 4.64. The summed E-state index contributed by atoms with van der Waals surface area (Å²) in [4.78, 5) is 35.9. The van der Waals surface area contributed by atoms with Crippen molar-refractivity contribution < 1.29 is 18.8 Å². The van der Waals surface area contributed by atoms with Crippen LogP contribution >= 0.6 is 11.3 Å². The summed E-state index contributed by atoms with van der Waals surface area (Å²) in [6, 6.07) is 12.9. The summed E-state index contributed by atoms with van der Waals surface area (Å²) >= 11 is 1.40. The molecular weight excluding hydrogens is 438 g/mol. The Morgan fingerprint density at radius 3 is 2.67 bits per heavy atom. The monoisotopic (exact) mass is 459 g/mol. The summed E-state index contributed by atoms with van der Waals surface area (Å²) in [5.74, 6) is -0.987. The number of rotatable bonds is 3. The van der Waals surface area contributed by atoms with Crippen LogP contribution in [0, 0.1) is 24.2 Å². The van der Waals surface area contributed by atoms with Crippen molar-refractivity contribution in [3.8, 4) is 6.07 Å². The van der Waals surface area contributed by atoms with Gasteiger partial charge >= 0.3 is 0 Å². The maximum absolute atomic E-state index is 13.8. The molecule has 8 heteroatoms. The minimum absolute atomic E-state index is 0.349. The van der Waals surface area contributed by atoms with E-state index in [1.54, 1.807) is 23.5 Å². The highest BCUT2D eigenvalue weighted by Gasteiger charge is 2.62. The van der Waals surface area contributed by atoms with Gasteiger partial charge in [-0.2, -0.15) is 5.26 Å². The molecule has 2 saturated heterocycles. The summed E-state index contributed by atoms with van der Waals surface area (Å²) in [5, 5.41) is 12.0. The van der Waals surface area contributed by atoms with Crippen LogP contribution in [0.3, 0.4) is 0 Å². The van der Waals surface area contributed by atoms with E-state index in [1.165, 1.54) is 16.2 Å². The topological polar surface area (TPSA) is 86.8 Å². The summed E-state index contributed by atoms with van der Waals surface area (Å²) in [7, 11) is 0. The number of carbonyl (C=O) groups excluding carboxylic acids is 2. The van der Waals surface area contributed by atoms with Crippen molar-refractivity contribution in [1.29, 1.82) is 5.26 Å². The molecule has 1 aliphatic carbocycles. The first-order valence-electron chi connectivity index (χ1n) is 11.1. The molecular formula is C25H21N3O4S. The fourth-order valence-corrected chi connectivity index (χ4v) is 6.56. The van der Waals surface area contributed by atoms with E-state index in [9.17, 15) is 14.9 Å². The second-order valence-electron chi connectivity index (χ2n) is 8.64. The first-order valence-corrected chi connectivity index (χ1v) is 11.9. The van der Waals surface area contributed by atoms with Crippen LogP contribution in [0.5, 0.6) is 0 Å². The van der Waals surface area contributed by atoms with Crippen LogP contribution in [-0.2, 0) is 27.3 Å². The fraction of sp³-hybridized carbons (Fsp3) is 0.320. The molecule has 0 radical (unpaired) electrons. The van der Waals surface area contributed by atoms with Crippen LogP contribution in [-0.4, -0.2) is 17.9 Å². The predicted octanol–water partition coefficient (Wildman–Crippen LogP) is 4.45. The summed E-state index contributed by atoms with van der Waals surface area (Å²) in [6.45, 7) is 1.96. The van der Waals surface area contributed by atoms with Gasteiger partial charge < -0.3 is 4.42 Å². The molecule has 0 unspecified atom stereocenters. The number of aryl methyl sites for hydroxylation is 2. The number of hydrogen-bond acceptors (Lipinski definition) is 7. The molecule has 166 valence electrons. The average Bonchev–Trinajstić information content (AvgIpc) is 3.58. The number of amides is 2. The molecule has 1 aromatic carbocycles. The van der Waals surface area contributed by atoms with Crippen molar-refractivity contribution in [3.63, 3.8) is 0 Å². The molecule has 3 aromatic rings. The Morgan fingerprint density at radius 2 is 1.91 bits per heavy atom. The highest BCUT2D eigenvalue weighted by atomic mass is 32.1. The summed E-state index contributed by atoms with van der Waals surface area (Å²) in [5.41, 5.74) is 3.20. The minimum atomic E-state index is -0.974. The molecule has 33 heavy (non-hydrogen) atoms. The zero-order chi connectivity index (χ0) is 22.7. The molecule has 4 heterocycles. The van der Waals surface area contributed by atoms with E-state index in [4.69, 9.17) is 9.25 Å². The Balaban J connectivity index is 1.44. The standard InChI is InChI=1S/C25H21N3O4S/c1-14-7-2-4-9-17(14)28-21(18-10-6-12-31-18)20-22(32-28)24(30)27(23(20)29)25-16(13-26)15-8-3-5-11-19(15)33-25/h2,4,6-7,9-10,12,20-22H,3,5,8,11H2,1H3/t20-,21-,22-/m1/s1. The van der Waals surface area contributed by atoms with Gasteiger partial charge in [-0.25, -0.2) is 9.96 Å². The second-order valence-corrected chi connectivity index (χ2v) is 9.72. The van der Waals surface area contributed by atoms with Crippen molar-refractivity contribution in [2.75, 3.05) is 9.96 Å². The van der Waals surface area contributed by atoms with E-state index >= 15 is 0 Å². The van der Waals surface area contributed by atoms with Gasteiger partial charge in [-0.1, -0.05) is 18.2 Å². The molecule has 2 amide bonds. The lowest BCUT2D eigenvalue weighted by Crippen LogP contribution is -2.37. The third-order valence-electron chi connectivity index (χ3n) is 6.77. The Hall–Kier alpha value is -3.41. The van der Waals surface area contributed by atoms with Crippen LogP contribution < -0.4 is 9.96 Å². The van der Waals surface area contributed by atoms with Gasteiger partial charge in [-0.3, -0.25) is 14.4 Å². The van der Waals surface area contributed by atoms with E-state index in [0.29, 0.717) is 16.3 Å². The lowest BCUT2D eigenvalue weighted by atomic mass is 9.94. The number of nitriles is 1. The normalized spacial score (nSPS) is 24.2. The van der Waals surface area contributed by atoms with Gasteiger partial charge in [0, 0.05) is 4.88 Å². The van der Waals surface area contributed by atoms with Crippen LogP contribution in [0.1, 0.15) is 46.2 Å². The molecule has 2 aromatic heterocycles. The van der Waals surface area contributed by atoms with E-state index in [0.717, 1.165) is 47.4 Å². The maximum Gasteiger partial charge on any atom is 0.267 e. The smallest absolute Gasteiger partial charge is 0.267 e. The van der Waals surface area contributed by atoms with E-state index in [-0.39, 0.29) is 5.91 Å². The van der Waals surface area contributed by atoms with E-state index < -0.39 is 24.0 Å². The number of furan rings is 1. The van der Waals surface area contributed by atoms with Gasteiger partial charge in [0.15, 0.2) is 6.10 Å². The molecule has 0 spiro atoms. The molecule has 0 N–H and O–H groups in total. The second kappa shape index (κ2) is 7.58. The van der Waals surface area contributed by atoms with Gasteiger partial charge in [-0.15, -0.1) is 11.3 Å². The highest BCUT2D eigenvalue weighted by Crippen LogP contribution is 2.50. The number of fused-ring (bicyclic) bond motifs is 2. The molecule has 2 fully saturated rings. The van der Waals surface area contributed by atoms with Crippen molar-refractivity contribution in [2.45, 2.75) is 44.8 Å². The Morgan fingerprint density at radius 1 is 1.09 bits per heavy atom. The van der Waals surface area contributed by atoms with Crippen molar-refractivity contribution in [2.24, 2.45) is 5.92 Å². The molecule has 7 nitrogen and oxygen atoms in total. The SMILES string of the molecule is Cc1ccccc1N1O[C@H]2C(=O)N(c3sc4c(c3C#N)CCCC4)C(=O)[C@@H]2[C@H]1c1ccco1. The van der Waals surface area contributed by atoms with Crippen LogP contribution in [0.4, 0.5) is 10.7 Å². The molecule has 0 saturated carbocycles. The predicted molar refractivity (Wildman–Crippen MR) is 122 cm³/mol. The van der Waals surface area contributed by atoms with E-state index in [1.807, 2.05) is 31.2 Å². The number of hydrogen-bond donors (Lipinski definition) is 0. The van der Waals surface area contributed by atoms with Crippen LogP contribution in [0.25, 0.3) is 0 Å². The lowest BCUT2D eigenvalue weighted by molar-refractivity contribution is -0.126. The zero-order valence-corrected chi connectivity index (χ0v) is 18.8. The zero-order valence-electron chi connectivity index (χ0n) is 18.0. The Labute approximate surface area is 194 Å². The van der Waals surface area contributed by atoms with Gasteiger partial charge in [0.2, 0.25) is 5.91 Å². The number of benzene rings is 1. The van der Waals surface area contributed by atoms with Gasteiger partial charge in [0.25, 0.3) is 5.91 Å². The largest absolute Gasteiger partial charge is 0.467 e. The average molecular weight is 460 g/mol. The molecule has 3 aliphatic rings. The van der Waals surface area contributed by atoms with Gasteiger partial charge in [-0.05, 0) is 61.9 Å². The molecule has 2 aliphatic heterocycles. The molecule has 0 bridgehead atoms. The molecule has 6 rings (SSSR count). The highest BCUT2D eigenvalue weighted by molar-refractivity contribution is 7.17. The van der Waals surface area contributed by atoms with E-state index in [2.05, 4.69) is 6.07 Å². The number of para-hydroxylation sites is 1. The van der Waals surface area contributed by atoms with Crippen molar-refractivity contribution in [1.82, 2.24) is 0 Å². The van der Waals surface area contributed by atoms with Crippen LogP contribution in [0.15, 0.2) is 47.1 Å². The lowest BCUT2D eigenvalue weighted by Gasteiger charge is -2.28. The number of thiophene rings is 1. The van der Waals surface area contributed by atoms with Gasteiger partial charge in [0.05, 0.1) is 17.5 Å². The number of hydroxylamine groups is 1. The third-order valence-corrected chi connectivity index (χ3v) is 8.05. The minimum Gasteiger partial charge on any atom is -0.467 e. The quantitative estimate of drug-likeness (QED) is 0.538. The number of nitrogens with zero attached hydrogens (tertiary/aromatic N) is 3. The van der Waals surface area contributed by atoms with Crippen LogP contribution in [0.2, 0.25) is 0 Å². The first-order chi connectivity index (χ1) is 16.1. The summed E-state index contributed by atoms with van der Waals surface area (Å²) in [6.07, 6.45) is 4.34. The first kappa shape index (κ1) is 20.2. The Bertz CT molecular complexity index is 1310. The van der Waals surface area contributed by atoms with Gasteiger partial charge in [0.1, 0.15) is 28.8 Å². The van der Waals surface area contributed by atoms with Crippen molar-refractivity contribution in [3.05, 3.63) is 70.0 Å².